The molecule has 5 heterocycles. The number of halogens is 1. The number of carbonyl (C=O) groups is 5. The summed E-state index contributed by atoms with van der Waals surface area (Å²) < 4.78 is 0. The summed E-state index contributed by atoms with van der Waals surface area (Å²) in [5.74, 6) is -0.0944. The van der Waals surface area contributed by atoms with Crippen molar-refractivity contribution in [2.24, 2.45) is 5.92 Å². The van der Waals surface area contributed by atoms with E-state index >= 15 is 0 Å². The Morgan fingerprint density at radius 3 is 2.22 bits per heavy atom. The lowest BCUT2D eigenvalue weighted by Crippen LogP contribution is -2.58. The molecule has 3 aromatic rings. The quantitative estimate of drug-likeness (QED) is 0.179. The number of benzene rings is 2. The molecule has 0 spiro atoms. The number of imide groups is 1. The van der Waals surface area contributed by atoms with Crippen LogP contribution in [-0.2, 0) is 20.8 Å². The first-order chi connectivity index (χ1) is 28.0. The number of piperidine rings is 1. The van der Waals surface area contributed by atoms with Gasteiger partial charge < -0.3 is 19.6 Å². The zero-order chi connectivity index (χ0) is 40.7. The van der Waals surface area contributed by atoms with Crippen LogP contribution in [0.3, 0.4) is 0 Å². The summed E-state index contributed by atoms with van der Waals surface area (Å²) in [6.07, 6.45) is 6.06. The van der Waals surface area contributed by atoms with E-state index in [-0.39, 0.29) is 55.2 Å². The van der Waals surface area contributed by atoms with E-state index in [0.717, 1.165) is 80.5 Å². The van der Waals surface area contributed by atoms with E-state index in [1.807, 2.05) is 23.1 Å². The molecule has 0 unspecified atom stereocenters. The highest BCUT2D eigenvalue weighted by atomic mass is 35.5. The Labute approximate surface area is 343 Å². The number of piperazine rings is 2. The molecule has 0 bridgehead atoms. The van der Waals surface area contributed by atoms with E-state index in [0.29, 0.717) is 46.8 Å². The summed E-state index contributed by atoms with van der Waals surface area (Å²) in [5, 5.41) is 0.437. The molecule has 5 aliphatic rings. The maximum absolute atomic E-state index is 13.5. The second-order valence-corrected chi connectivity index (χ2v) is 16.8. The number of amides is 3. The molecule has 4 aliphatic heterocycles. The van der Waals surface area contributed by atoms with Crippen LogP contribution in [0.25, 0.3) is 4.85 Å². The van der Waals surface area contributed by atoms with Gasteiger partial charge in [0.15, 0.2) is 5.78 Å². The van der Waals surface area contributed by atoms with Gasteiger partial charge in [0.25, 0.3) is 11.8 Å². The molecule has 3 atom stereocenters. The smallest absolute Gasteiger partial charge is 0.262 e. The van der Waals surface area contributed by atoms with Gasteiger partial charge in [-0.15, -0.1) is 0 Å². The minimum atomic E-state index is -0.864. The van der Waals surface area contributed by atoms with Crippen LogP contribution < -0.4 is 14.7 Å². The molecule has 15 heteroatoms. The van der Waals surface area contributed by atoms with Crippen LogP contribution in [0.2, 0.25) is 5.02 Å². The van der Waals surface area contributed by atoms with E-state index in [1.165, 1.54) is 0 Å². The number of hydrogen-bond acceptors (Lipinski definition) is 11. The highest BCUT2D eigenvalue weighted by Gasteiger charge is 2.44. The average Bonchev–Trinajstić information content (AvgIpc) is 3.47. The van der Waals surface area contributed by atoms with E-state index in [2.05, 4.69) is 48.3 Å². The highest BCUT2D eigenvalue weighted by Crippen LogP contribution is 2.34. The van der Waals surface area contributed by atoms with Gasteiger partial charge in [0, 0.05) is 106 Å². The lowest BCUT2D eigenvalue weighted by Gasteiger charge is -2.45. The van der Waals surface area contributed by atoms with Crippen molar-refractivity contribution in [3.63, 3.8) is 0 Å². The van der Waals surface area contributed by atoms with Gasteiger partial charge in [-0.05, 0) is 74.9 Å². The van der Waals surface area contributed by atoms with Crippen LogP contribution in [-0.4, -0.2) is 131 Å². The van der Waals surface area contributed by atoms with Gasteiger partial charge in [0.05, 0.1) is 36.6 Å². The van der Waals surface area contributed by atoms with Crippen LogP contribution in [0, 0.1) is 12.5 Å². The highest BCUT2D eigenvalue weighted by molar-refractivity contribution is 6.33. The maximum atomic E-state index is 13.5. The molecule has 8 rings (SSSR count). The molecule has 1 aliphatic carbocycles. The Hall–Kier alpha value is -5.39. The minimum absolute atomic E-state index is 0.00135. The molecule has 2 aromatic carbocycles. The van der Waals surface area contributed by atoms with Crippen molar-refractivity contribution in [3.8, 4) is 0 Å². The molecule has 14 nitrogen and oxygen atoms in total. The van der Waals surface area contributed by atoms with Gasteiger partial charge in [-0.1, -0.05) is 17.7 Å². The van der Waals surface area contributed by atoms with Gasteiger partial charge in [0.1, 0.15) is 5.78 Å². The van der Waals surface area contributed by atoms with Crippen LogP contribution in [0.15, 0.2) is 48.8 Å². The topological polar surface area (TPSA) is 135 Å². The first-order valence-electron chi connectivity index (χ1n) is 20.3. The third kappa shape index (κ3) is 7.89. The molecule has 3 saturated heterocycles. The zero-order valence-electron chi connectivity index (χ0n) is 33.0. The van der Waals surface area contributed by atoms with Crippen molar-refractivity contribution in [1.82, 2.24) is 24.7 Å². The van der Waals surface area contributed by atoms with Gasteiger partial charge in [-0.25, -0.2) is 14.8 Å². The third-order valence-corrected chi connectivity index (χ3v) is 12.8. The molecule has 0 N–H and O–H groups in total. The number of aromatic nitrogens is 2. The van der Waals surface area contributed by atoms with Crippen LogP contribution in [0.5, 0.6) is 0 Å². The van der Waals surface area contributed by atoms with E-state index < -0.39 is 17.9 Å². The van der Waals surface area contributed by atoms with E-state index in [1.54, 1.807) is 30.6 Å². The summed E-state index contributed by atoms with van der Waals surface area (Å²) in [7, 11) is 0. The molecule has 58 heavy (non-hydrogen) atoms. The van der Waals surface area contributed by atoms with Gasteiger partial charge in [-0.3, -0.25) is 33.8 Å². The van der Waals surface area contributed by atoms with Crippen molar-refractivity contribution in [1.29, 1.82) is 0 Å². The van der Waals surface area contributed by atoms with Crippen molar-refractivity contribution in [2.45, 2.75) is 70.5 Å². The lowest BCUT2D eigenvalue weighted by molar-refractivity contribution is -0.134. The largest absolute Gasteiger partial charge is 0.369 e. The summed E-state index contributed by atoms with van der Waals surface area (Å²) in [6, 6.07) is 10.1. The first kappa shape index (κ1) is 39.4. The van der Waals surface area contributed by atoms with Crippen molar-refractivity contribution < 1.29 is 24.0 Å². The molecule has 1 saturated carbocycles. The van der Waals surface area contributed by atoms with E-state index in [4.69, 9.17) is 18.2 Å². The molecular weight excluding hydrogens is 758 g/mol. The van der Waals surface area contributed by atoms with Crippen LogP contribution in [0.1, 0.15) is 72.2 Å². The average molecular weight is 806 g/mol. The van der Waals surface area contributed by atoms with Crippen LogP contribution >= 0.6 is 11.6 Å². The SMILES string of the molecule is [C-]#[N+]c1ccc(N2C[C@@H](C)N(C(=O)Cc3cnc(N4CCC(CN5CCN(c6ccc7c(c6)C(=O)N([C@H]6CCC(=O)CC6=O)C7=O)CC5)CC4)nc3)C[C@@H]2C)cc1Cl. The fraction of sp³-hybridized carbons (Fsp3) is 0.488. The van der Waals surface area contributed by atoms with Crippen molar-refractivity contribution in [3.05, 3.63) is 81.9 Å². The number of anilines is 3. The maximum Gasteiger partial charge on any atom is 0.262 e. The fourth-order valence-electron chi connectivity index (χ4n) is 9.21. The van der Waals surface area contributed by atoms with Crippen molar-refractivity contribution in [2.75, 3.05) is 73.6 Å². The number of nitrogens with zero attached hydrogens (tertiary/aromatic N) is 9. The second kappa shape index (κ2) is 16.5. The molecule has 0 radical (unpaired) electrons. The molecule has 1 aromatic heterocycles. The summed E-state index contributed by atoms with van der Waals surface area (Å²) in [6.45, 7) is 18.8. The molecule has 3 amide bonds. The molecular formula is C43H48ClN9O5. The normalized spacial score (nSPS) is 23.4. The number of fused-ring (bicyclic) bond motifs is 1. The number of hydrogen-bond donors (Lipinski definition) is 0. The number of rotatable bonds is 8. The predicted octanol–water partition coefficient (Wildman–Crippen LogP) is 4.67. The van der Waals surface area contributed by atoms with Gasteiger partial charge >= 0.3 is 0 Å². The van der Waals surface area contributed by atoms with Gasteiger partial charge in [-0.2, -0.15) is 0 Å². The number of carbonyl (C=O) groups excluding carboxylic acids is 5. The monoisotopic (exact) mass is 805 g/mol. The Kier molecular flexibility index (Phi) is 11.2. The Balaban J connectivity index is 0.777. The second-order valence-electron chi connectivity index (χ2n) is 16.4. The Bertz CT molecular complexity index is 2160. The number of ketones is 2. The summed E-state index contributed by atoms with van der Waals surface area (Å²) in [5.41, 5.74) is 3.72. The Morgan fingerprint density at radius 1 is 0.828 bits per heavy atom. The third-order valence-electron chi connectivity index (χ3n) is 12.5. The number of Topliss-reactive ketones (excluding diaryl/α,β-unsaturated/α-hetero) is 2. The Morgan fingerprint density at radius 2 is 1.53 bits per heavy atom. The summed E-state index contributed by atoms with van der Waals surface area (Å²) in [4.78, 5) is 89.3. The first-order valence-corrected chi connectivity index (χ1v) is 20.7. The fourth-order valence-corrected chi connectivity index (χ4v) is 9.42. The summed E-state index contributed by atoms with van der Waals surface area (Å²) >= 11 is 6.32. The van der Waals surface area contributed by atoms with Crippen molar-refractivity contribution >= 4 is 63.9 Å². The predicted molar refractivity (Wildman–Crippen MR) is 220 cm³/mol. The zero-order valence-corrected chi connectivity index (χ0v) is 33.7. The van der Waals surface area contributed by atoms with Gasteiger partial charge in [0.2, 0.25) is 17.5 Å². The molecule has 4 fully saturated rings. The van der Waals surface area contributed by atoms with E-state index in [9.17, 15) is 24.0 Å². The standard InChI is InChI=1S/C43H48ClN9O5/c1-27-25-52(28(2)24-51(27)32-5-8-37(45-3)36(44)20-32)40(56)18-30-22-46-43(47-23-30)50-12-10-29(11-13-50)26-48-14-16-49(17-15-48)31-4-7-34-35(19-31)42(58)53(41(34)57)38-9-6-33(54)21-39(38)55/h4-5,7-8,19-20,22-23,27-29,38H,6,9-18,21,24-26H2,1-2H3/t27-,28+,38-/m0/s1. The minimum Gasteiger partial charge on any atom is -0.369 e. The molecule has 302 valence electrons. The lowest BCUT2D eigenvalue weighted by atomic mass is 9.92. The van der Waals surface area contributed by atoms with Crippen LogP contribution in [0.4, 0.5) is 23.0 Å².